The van der Waals surface area contributed by atoms with Crippen LogP contribution in [0.4, 0.5) is 0 Å². The van der Waals surface area contributed by atoms with Crippen molar-refractivity contribution < 1.29 is 4.74 Å². The van der Waals surface area contributed by atoms with E-state index >= 15 is 0 Å². The molecule has 1 heterocycles. The van der Waals surface area contributed by atoms with Gasteiger partial charge in [-0.05, 0) is 36.4 Å². The lowest BCUT2D eigenvalue weighted by molar-refractivity contribution is 0.372. The SMILES string of the molecule is COc1nnc(-c2ccc(Cl)cc2)n1-c1ccccc1. The Morgan fingerprint density at radius 3 is 2.30 bits per heavy atom. The van der Waals surface area contributed by atoms with Crippen molar-refractivity contribution in [2.75, 3.05) is 7.11 Å². The number of aromatic nitrogens is 3. The van der Waals surface area contributed by atoms with Gasteiger partial charge < -0.3 is 4.74 Å². The summed E-state index contributed by atoms with van der Waals surface area (Å²) in [5.41, 5.74) is 1.87. The van der Waals surface area contributed by atoms with E-state index in [9.17, 15) is 0 Å². The molecule has 20 heavy (non-hydrogen) atoms. The molecule has 3 rings (SSSR count). The molecule has 0 radical (unpaired) electrons. The van der Waals surface area contributed by atoms with Crippen LogP contribution in [0.5, 0.6) is 6.01 Å². The second kappa shape index (κ2) is 5.35. The smallest absolute Gasteiger partial charge is 0.321 e. The fourth-order valence-corrected chi connectivity index (χ4v) is 2.12. The van der Waals surface area contributed by atoms with Gasteiger partial charge in [-0.25, -0.2) is 4.57 Å². The number of rotatable bonds is 3. The van der Waals surface area contributed by atoms with E-state index in [1.165, 1.54) is 0 Å². The number of hydrogen-bond acceptors (Lipinski definition) is 3. The third-order valence-corrected chi connectivity index (χ3v) is 3.18. The molecule has 4 nitrogen and oxygen atoms in total. The third-order valence-electron chi connectivity index (χ3n) is 2.93. The van der Waals surface area contributed by atoms with Crippen molar-refractivity contribution in [2.24, 2.45) is 0 Å². The molecule has 0 aliphatic rings. The van der Waals surface area contributed by atoms with Crippen LogP contribution in [0.2, 0.25) is 5.02 Å². The highest BCUT2D eigenvalue weighted by Gasteiger charge is 2.15. The molecule has 0 atom stereocenters. The van der Waals surface area contributed by atoms with Gasteiger partial charge in [-0.2, -0.15) is 0 Å². The lowest BCUT2D eigenvalue weighted by atomic mass is 10.2. The van der Waals surface area contributed by atoms with E-state index in [0.29, 0.717) is 16.9 Å². The van der Waals surface area contributed by atoms with Crippen LogP contribution in [-0.2, 0) is 0 Å². The molecule has 0 unspecified atom stereocenters. The van der Waals surface area contributed by atoms with Gasteiger partial charge in [-0.3, -0.25) is 0 Å². The minimum atomic E-state index is 0.446. The van der Waals surface area contributed by atoms with Gasteiger partial charge in [-0.1, -0.05) is 34.9 Å². The van der Waals surface area contributed by atoms with Gasteiger partial charge in [0.15, 0.2) is 5.82 Å². The molecule has 0 aliphatic heterocycles. The standard InChI is InChI=1S/C15H12ClN3O/c1-20-15-18-17-14(11-7-9-12(16)10-8-11)19(15)13-5-3-2-4-6-13/h2-10H,1H3. The van der Waals surface area contributed by atoms with Gasteiger partial charge in [0.2, 0.25) is 0 Å². The van der Waals surface area contributed by atoms with Crippen molar-refractivity contribution in [3.8, 4) is 23.1 Å². The van der Waals surface area contributed by atoms with Crippen LogP contribution < -0.4 is 4.74 Å². The predicted octanol–water partition coefficient (Wildman–Crippen LogP) is 3.60. The van der Waals surface area contributed by atoms with E-state index in [-0.39, 0.29) is 0 Å². The Hall–Kier alpha value is -2.33. The van der Waals surface area contributed by atoms with Crippen LogP contribution in [0.15, 0.2) is 54.6 Å². The topological polar surface area (TPSA) is 39.9 Å². The number of methoxy groups -OCH3 is 1. The van der Waals surface area contributed by atoms with Crippen LogP contribution in [0, 0.1) is 0 Å². The van der Waals surface area contributed by atoms with Crippen LogP contribution in [-0.4, -0.2) is 21.9 Å². The van der Waals surface area contributed by atoms with E-state index in [2.05, 4.69) is 10.2 Å². The zero-order valence-corrected chi connectivity index (χ0v) is 11.6. The maximum Gasteiger partial charge on any atom is 0.321 e. The molecule has 0 amide bonds. The molecule has 0 aliphatic carbocycles. The molecular weight excluding hydrogens is 274 g/mol. The van der Waals surface area contributed by atoms with Crippen molar-refractivity contribution >= 4 is 11.6 Å². The Bertz CT molecular complexity index is 708. The first-order valence-electron chi connectivity index (χ1n) is 6.10. The first-order valence-corrected chi connectivity index (χ1v) is 6.48. The Morgan fingerprint density at radius 2 is 1.65 bits per heavy atom. The molecule has 5 heteroatoms. The quantitative estimate of drug-likeness (QED) is 0.738. The Kier molecular flexibility index (Phi) is 3.39. The molecule has 0 spiro atoms. The summed E-state index contributed by atoms with van der Waals surface area (Å²) in [4.78, 5) is 0. The summed E-state index contributed by atoms with van der Waals surface area (Å²) < 4.78 is 7.15. The van der Waals surface area contributed by atoms with Crippen LogP contribution in [0.3, 0.4) is 0 Å². The molecule has 3 aromatic rings. The molecule has 0 fully saturated rings. The van der Waals surface area contributed by atoms with Crippen molar-refractivity contribution in [1.82, 2.24) is 14.8 Å². The summed E-state index contributed by atoms with van der Waals surface area (Å²) in [5.74, 6) is 0.713. The zero-order valence-electron chi connectivity index (χ0n) is 10.8. The van der Waals surface area contributed by atoms with Crippen LogP contribution >= 0.6 is 11.6 Å². The fraction of sp³-hybridized carbons (Fsp3) is 0.0667. The molecule has 0 bridgehead atoms. The van der Waals surface area contributed by atoms with Gasteiger partial charge in [0.25, 0.3) is 0 Å². The highest BCUT2D eigenvalue weighted by molar-refractivity contribution is 6.30. The van der Waals surface area contributed by atoms with Crippen LogP contribution in [0.1, 0.15) is 0 Å². The monoisotopic (exact) mass is 285 g/mol. The third kappa shape index (κ3) is 2.26. The molecule has 0 saturated carbocycles. The fourth-order valence-electron chi connectivity index (χ4n) is 2.00. The van der Waals surface area contributed by atoms with E-state index < -0.39 is 0 Å². The number of ether oxygens (including phenoxy) is 1. The van der Waals surface area contributed by atoms with Gasteiger partial charge in [0.1, 0.15) is 0 Å². The summed E-state index contributed by atoms with van der Waals surface area (Å²) in [7, 11) is 1.58. The predicted molar refractivity (Wildman–Crippen MR) is 78.4 cm³/mol. The number of nitrogens with zero attached hydrogens (tertiary/aromatic N) is 3. The van der Waals surface area contributed by atoms with Crippen molar-refractivity contribution in [2.45, 2.75) is 0 Å². The van der Waals surface area contributed by atoms with E-state index in [0.717, 1.165) is 11.3 Å². The van der Waals surface area contributed by atoms with Crippen molar-refractivity contribution in [3.05, 3.63) is 59.6 Å². The van der Waals surface area contributed by atoms with E-state index in [4.69, 9.17) is 16.3 Å². The highest BCUT2D eigenvalue weighted by Crippen LogP contribution is 2.26. The van der Waals surface area contributed by atoms with Gasteiger partial charge in [0, 0.05) is 10.6 Å². The Balaban J connectivity index is 2.17. The lowest BCUT2D eigenvalue weighted by Gasteiger charge is -2.09. The average Bonchev–Trinajstić information content (AvgIpc) is 2.93. The summed E-state index contributed by atoms with van der Waals surface area (Å²) in [6, 6.07) is 17.7. The molecule has 2 aromatic carbocycles. The van der Waals surface area contributed by atoms with Crippen molar-refractivity contribution in [1.29, 1.82) is 0 Å². The largest absolute Gasteiger partial charge is 0.467 e. The van der Waals surface area contributed by atoms with Gasteiger partial charge in [-0.15, -0.1) is 5.10 Å². The molecule has 0 N–H and O–H groups in total. The maximum atomic E-state index is 5.92. The minimum absolute atomic E-state index is 0.446. The summed E-state index contributed by atoms with van der Waals surface area (Å²) in [5, 5.41) is 8.96. The average molecular weight is 286 g/mol. The summed E-state index contributed by atoms with van der Waals surface area (Å²) in [6.07, 6.45) is 0. The molecule has 100 valence electrons. The Labute approximate surface area is 121 Å². The number of para-hydroxylation sites is 1. The normalized spacial score (nSPS) is 10.5. The number of halogens is 1. The first-order chi connectivity index (χ1) is 9.79. The number of benzene rings is 2. The molecule has 0 saturated heterocycles. The van der Waals surface area contributed by atoms with E-state index in [1.807, 2.05) is 59.2 Å². The van der Waals surface area contributed by atoms with Gasteiger partial charge >= 0.3 is 6.01 Å². The second-order valence-corrected chi connectivity index (χ2v) is 4.62. The maximum absolute atomic E-state index is 5.92. The highest BCUT2D eigenvalue weighted by atomic mass is 35.5. The zero-order chi connectivity index (χ0) is 13.9. The summed E-state index contributed by atoms with van der Waals surface area (Å²) in [6.45, 7) is 0. The minimum Gasteiger partial charge on any atom is -0.467 e. The first kappa shape index (κ1) is 12.7. The number of hydrogen-bond donors (Lipinski definition) is 0. The Morgan fingerprint density at radius 1 is 0.950 bits per heavy atom. The second-order valence-electron chi connectivity index (χ2n) is 4.19. The van der Waals surface area contributed by atoms with E-state index in [1.54, 1.807) is 7.11 Å². The molecular formula is C15H12ClN3O. The van der Waals surface area contributed by atoms with Crippen molar-refractivity contribution in [3.63, 3.8) is 0 Å². The molecule has 1 aromatic heterocycles. The van der Waals surface area contributed by atoms with Gasteiger partial charge in [0.05, 0.1) is 12.8 Å². The lowest BCUT2D eigenvalue weighted by Crippen LogP contribution is -2.00. The van der Waals surface area contributed by atoms with Crippen LogP contribution in [0.25, 0.3) is 17.1 Å². The summed E-state index contributed by atoms with van der Waals surface area (Å²) >= 11 is 5.92.